The molecule has 1 heterocycles. The van der Waals surface area contributed by atoms with Crippen LogP contribution in [0.1, 0.15) is 45.5 Å². The monoisotopic (exact) mass is 466 g/mol. The molecule has 3 aromatic rings. The van der Waals surface area contributed by atoms with Crippen LogP contribution in [0.2, 0.25) is 0 Å². The Morgan fingerprint density at radius 2 is 1.82 bits per heavy atom. The largest absolute Gasteiger partial charge is 0.493 e. The summed E-state index contributed by atoms with van der Waals surface area (Å²) in [5, 5.41) is 5.35. The Labute approximate surface area is 196 Å². The van der Waals surface area contributed by atoms with Crippen molar-refractivity contribution < 1.29 is 23.9 Å². The van der Waals surface area contributed by atoms with Crippen LogP contribution >= 0.6 is 11.3 Å². The van der Waals surface area contributed by atoms with Crippen LogP contribution in [0, 0.1) is 13.8 Å². The molecule has 3 rings (SSSR count). The van der Waals surface area contributed by atoms with Gasteiger partial charge in [0.25, 0.3) is 0 Å². The molecule has 33 heavy (non-hydrogen) atoms. The number of benzene rings is 2. The molecule has 0 fully saturated rings. The van der Waals surface area contributed by atoms with Gasteiger partial charge >= 0.3 is 5.97 Å². The van der Waals surface area contributed by atoms with Gasteiger partial charge in [-0.3, -0.25) is 14.4 Å². The number of hydrogen-bond donors (Lipinski definition) is 1. The predicted octanol–water partition coefficient (Wildman–Crippen LogP) is 4.66. The van der Waals surface area contributed by atoms with E-state index in [4.69, 9.17) is 9.47 Å². The molecule has 0 saturated heterocycles. The highest BCUT2D eigenvalue weighted by Crippen LogP contribution is 2.18. The molecule has 0 unspecified atom stereocenters. The van der Waals surface area contributed by atoms with E-state index in [9.17, 15) is 14.4 Å². The Kier molecular flexibility index (Phi) is 8.32. The average Bonchev–Trinajstić information content (AvgIpc) is 3.22. The van der Waals surface area contributed by atoms with Gasteiger partial charge in [-0.15, -0.1) is 11.3 Å². The molecule has 0 bridgehead atoms. The topological polar surface area (TPSA) is 94.6 Å². The van der Waals surface area contributed by atoms with E-state index in [0.717, 1.165) is 16.8 Å². The lowest BCUT2D eigenvalue weighted by Gasteiger charge is -2.08. The number of nitrogens with one attached hydrogen (secondary N) is 1. The van der Waals surface area contributed by atoms with Crippen molar-refractivity contribution in [3.63, 3.8) is 0 Å². The van der Waals surface area contributed by atoms with Crippen LogP contribution in [0.15, 0.2) is 47.8 Å². The summed E-state index contributed by atoms with van der Waals surface area (Å²) < 4.78 is 10.7. The molecule has 1 amide bonds. The number of ketones is 1. The summed E-state index contributed by atoms with van der Waals surface area (Å²) in [6.45, 7) is 5.63. The van der Waals surface area contributed by atoms with Crippen LogP contribution in [0.4, 0.5) is 5.69 Å². The quantitative estimate of drug-likeness (QED) is 0.345. The zero-order valence-corrected chi connectivity index (χ0v) is 19.7. The molecule has 0 saturated carbocycles. The number of ether oxygens (including phenoxy) is 2. The van der Waals surface area contributed by atoms with Crippen LogP contribution in [0.25, 0.3) is 0 Å². The zero-order valence-electron chi connectivity index (χ0n) is 18.8. The third kappa shape index (κ3) is 7.54. The van der Waals surface area contributed by atoms with Gasteiger partial charge < -0.3 is 14.8 Å². The van der Waals surface area contributed by atoms with Crippen molar-refractivity contribution in [3.05, 3.63) is 75.2 Å². The van der Waals surface area contributed by atoms with Crippen molar-refractivity contribution in [3.8, 4) is 5.75 Å². The van der Waals surface area contributed by atoms with Crippen LogP contribution in [-0.4, -0.2) is 29.3 Å². The van der Waals surface area contributed by atoms with Gasteiger partial charge in [0.2, 0.25) is 5.91 Å². The van der Waals surface area contributed by atoms with Crippen molar-refractivity contribution in [2.24, 2.45) is 0 Å². The first kappa shape index (κ1) is 24.1. The fourth-order valence-electron chi connectivity index (χ4n) is 2.96. The van der Waals surface area contributed by atoms with Gasteiger partial charge in [0.15, 0.2) is 5.78 Å². The number of thiazole rings is 1. The van der Waals surface area contributed by atoms with Crippen molar-refractivity contribution in [1.29, 1.82) is 0 Å². The van der Waals surface area contributed by atoms with E-state index in [1.165, 1.54) is 18.3 Å². The van der Waals surface area contributed by atoms with Crippen LogP contribution < -0.4 is 10.1 Å². The lowest BCUT2D eigenvalue weighted by atomic mass is 10.1. The first-order chi connectivity index (χ1) is 15.8. The van der Waals surface area contributed by atoms with Crippen molar-refractivity contribution in [1.82, 2.24) is 4.98 Å². The van der Waals surface area contributed by atoms with Gasteiger partial charge in [0.05, 0.1) is 25.1 Å². The lowest BCUT2D eigenvalue weighted by Crippen LogP contribution is -2.15. The summed E-state index contributed by atoms with van der Waals surface area (Å²) in [5.41, 5.74) is 4.07. The number of nitrogens with zero attached hydrogens (tertiary/aromatic N) is 1. The van der Waals surface area contributed by atoms with Gasteiger partial charge in [-0.25, -0.2) is 4.98 Å². The lowest BCUT2D eigenvalue weighted by molar-refractivity contribution is -0.145. The number of Topliss-reactive ketones (excluding diaryl/α,β-unsaturated/α-hetero) is 1. The summed E-state index contributed by atoms with van der Waals surface area (Å²) >= 11 is 1.35. The summed E-state index contributed by atoms with van der Waals surface area (Å²) in [6, 6.07) is 12.6. The van der Waals surface area contributed by atoms with Crippen LogP contribution in [-0.2, 0) is 27.4 Å². The van der Waals surface area contributed by atoms with Crippen molar-refractivity contribution in [2.45, 2.75) is 40.2 Å². The van der Waals surface area contributed by atoms with E-state index >= 15 is 0 Å². The standard InChI is InChI=1S/C25H26N2O5S/c1-16-4-5-17(2)22(12-16)27-23(29)13-24-26-20(15-33-24)14-32-25(30)10-11-31-21-8-6-19(7-9-21)18(3)28/h4-9,12,15H,10-11,13-14H2,1-3H3,(H,27,29). The third-order valence-corrected chi connectivity index (χ3v) is 5.69. The molecule has 0 radical (unpaired) electrons. The fourth-order valence-corrected chi connectivity index (χ4v) is 3.74. The number of aryl methyl sites for hydroxylation is 2. The first-order valence-electron chi connectivity index (χ1n) is 10.5. The number of amides is 1. The summed E-state index contributed by atoms with van der Waals surface area (Å²) in [7, 11) is 0. The molecule has 0 atom stereocenters. The van der Waals surface area contributed by atoms with Gasteiger partial charge in [-0.05, 0) is 62.2 Å². The van der Waals surface area contributed by atoms with Crippen LogP contribution in [0.5, 0.6) is 5.75 Å². The van der Waals surface area contributed by atoms with E-state index in [1.807, 2.05) is 32.0 Å². The molecule has 2 aromatic carbocycles. The number of aromatic nitrogens is 1. The molecule has 7 nitrogen and oxygen atoms in total. The van der Waals surface area contributed by atoms with Gasteiger partial charge in [0.1, 0.15) is 17.4 Å². The number of hydrogen-bond acceptors (Lipinski definition) is 7. The number of anilines is 1. The summed E-state index contributed by atoms with van der Waals surface area (Å²) in [6.07, 6.45) is 0.242. The Morgan fingerprint density at radius 3 is 2.55 bits per heavy atom. The summed E-state index contributed by atoms with van der Waals surface area (Å²) in [4.78, 5) is 40.0. The molecule has 8 heteroatoms. The summed E-state index contributed by atoms with van der Waals surface area (Å²) in [5.74, 6) is 0.0149. The minimum absolute atomic E-state index is 0.0164. The second-order valence-electron chi connectivity index (χ2n) is 7.62. The highest BCUT2D eigenvalue weighted by Gasteiger charge is 2.11. The first-order valence-corrected chi connectivity index (χ1v) is 11.4. The van der Waals surface area contributed by atoms with Crippen LogP contribution in [0.3, 0.4) is 0 Å². The Bertz CT molecular complexity index is 1140. The normalized spacial score (nSPS) is 10.5. The molecular formula is C25H26N2O5S. The maximum Gasteiger partial charge on any atom is 0.309 e. The van der Waals surface area contributed by atoms with E-state index in [1.54, 1.807) is 29.6 Å². The molecular weight excluding hydrogens is 440 g/mol. The highest BCUT2D eigenvalue weighted by atomic mass is 32.1. The molecule has 0 aliphatic rings. The minimum atomic E-state index is -0.405. The van der Waals surface area contributed by atoms with Crippen molar-refractivity contribution in [2.75, 3.05) is 11.9 Å². The molecule has 172 valence electrons. The zero-order chi connectivity index (χ0) is 23.8. The van der Waals surface area contributed by atoms with Gasteiger partial charge in [-0.2, -0.15) is 0 Å². The van der Waals surface area contributed by atoms with E-state index in [2.05, 4.69) is 10.3 Å². The Balaban J connectivity index is 1.39. The van der Waals surface area contributed by atoms with E-state index < -0.39 is 5.97 Å². The van der Waals surface area contributed by atoms with E-state index in [0.29, 0.717) is 22.0 Å². The molecule has 0 spiro atoms. The van der Waals surface area contributed by atoms with E-state index in [-0.39, 0.29) is 37.7 Å². The van der Waals surface area contributed by atoms with Gasteiger partial charge in [-0.1, -0.05) is 12.1 Å². The predicted molar refractivity (Wildman–Crippen MR) is 127 cm³/mol. The second kappa shape index (κ2) is 11.4. The number of carbonyl (C=O) groups excluding carboxylic acids is 3. The number of esters is 1. The smallest absolute Gasteiger partial charge is 0.309 e. The maximum atomic E-state index is 12.3. The average molecular weight is 467 g/mol. The highest BCUT2D eigenvalue weighted by molar-refractivity contribution is 7.09. The SMILES string of the molecule is CC(=O)c1ccc(OCCC(=O)OCc2csc(CC(=O)Nc3cc(C)ccc3C)n2)cc1. The Morgan fingerprint density at radius 1 is 1.06 bits per heavy atom. The van der Waals surface area contributed by atoms with Gasteiger partial charge in [0, 0.05) is 16.6 Å². The Hall–Kier alpha value is -3.52. The molecule has 1 aromatic heterocycles. The second-order valence-corrected chi connectivity index (χ2v) is 8.56. The third-order valence-electron chi connectivity index (χ3n) is 4.80. The van der Waals surface area contributed by atoms with Crippen molar-refractivity contribution >= 4 is 34.7 Å². The number of rotatable bonds is 10. The molecule has 0 aliphatic carbocycles. The maximum absolute atomic E-state index is 12.3. The molecule has 1 N–H and O–H groups in total. The minimum Gasteiger partial charge on any atom is -0.493 e. The fraction of sp³-hybridized carbons (Fsp3) is 0.280. The number of carbonyl (C=O) groups is 3. The molecule has 0 aliphatic heterocycles.